The third-order valence-electron chi connectivity index (χ3n) is 5.14. The van der Waals surface area contributed by atoms with Gasteiger partial charge in [-0.1, -0.05) is 22.0 Å². The van der Waals surface area contributed by atoms with E-state index in [1.807, 2.05) is 7.05 Å². The third kappa shape index (κ3) is 5.11. The van der Waals surface area contributed by atoms with Crippen LogP contribution in [0.3, 0.4) is 0 Å². The highest BCUT2D eigenvalue weighted by molar-refractivity contribution is 9.10. The number of guanidine groups is 1. The number of halogens is 1. The largest absolute Gasteiger partial charge is 0.381 e. The molecule has 0 bridgehead atoms. The summed E-state index contributed by atoms with van der Waals surface area (Å²) in [6.45, 7) is 5.98. The van der Waals surface area contributed by atoms with Crippen LogP contribution in [0.4, 0.5) is 5.69 Å². The van der Waals surface area contributed by atoms with E-state index < -0.39 is 0 Å². The van der Waals surface area contributed by atoms with Gasteiger partial charge in [-0.05, 0) is 37.0 Å². The summed E-state index contributed by atoms with van der Waals surface area (Å²) in [5.74, 6) is 2.27. The first-order chi connectivity index (χ1) is 12.2. The van der Waals surface area contributed by atoms with E-state index >= 15 is 0 Å². The Hall–Kier alpha value is -1.27. The number of benzene rings is 1. The molecular formula is C19H29BrN4O. The van der Waals surface area contributed by atoms with Crippen molar-refractivity contribution in [3.63, 3.8) is 0 Å². The Morgan fingerprint density at radius 3 is 3.00 bits per heavy atom. The van der Waals surface area contributed by atoms with Gasteiger partial charge in [-0.3, -0.25) is 4.99 Å². The van der Waals surface area contributed by atoms with Gasteiger partial charge >= 0.3 is 0 Å². The van der Waals surface area contributed by atoms with Crippen LogP contribution in [-0.2, 0) is 4.74 Å². The van der Waals surface area contributed by atoms with Gasteiger partial charge in [0.1, 0.15) is 0 Å². The standard InChI is InChI=1S/C19H29BrN4O/c1-21-19(23(2)12-16-7-9-25-14-16)22-11-15-6-8-24(13-15)18-5-3-4-17(20)10-18/h3-5,10,15-16H,6-9,11-14H2,1-2H3,(H,21,22). The van der Waals surface area contributed by atoms with E-state index in [0.717, 1.165) is 56.2 Å². The molecule has 3 rings (SSSR count). The Bertz CT molecular complexity index is 589. The number of hydrogen-bond acceptors (Lipinski definition) is 3. The molecule has 25 heavy (non-hydrogen) atoms. The normalized spacial score (nSPS) is 24.0. The van der Waals surface area contributed by atoms with E-state index in [0.29, 0.717) is 11.8 Å². The van der Waals surface area contributed by atoms with E-state index in [4.69, 9.17) is 4.74 Å². The molecule has 0 amide bonds. The minimum atomic E-state index is 0.627. The van der Waals surface area contributed by atoms with Crippen molar-refractivity contribution in [2.24, 2.45) is 16.8 Å². The van der Waals surface area contributed by atoms with Crippen molar-refractivity contribution < 1.29 is 4.74 Å². The van der Waals surface area contributed by atoms with Gasteiger partial charge in [0.05, 0.1) is 6.61 Å². The van der Waals surface area contributed by atoms with Gasteiger partial charge in [-0.25, -0.2) is 0 Å². The summed E-state index contributed by atoms with van der Waals surface area (Å²) in [7, 11) is 3.99. The van der Waals surface area contributed by atoms with E-state index in [1.165, 1.54) is 12.1 Å². The smallest absolute Gasteiger partial charge is 0.193 e. The Morgan fingerprint density at radius 1 is 1.40 bits per heavy atom. The SMILES string of the molecule is CN=C(NCC1CCN(c2cccc(Br)c2)C1)N(C)CC1CCOC1. The minimum absolute atomic E-state index is 0.627. The van der Waals surface area contributed by atoms with Gasteiger partial charge in [0, 0.05) is 63.0 Å². The Kier molecular flexibility index (Phi) is 6.59. The highest BCUT2D eigenvalue weighted by atomic mass is 79.9. The molecule has 2 heterocycles. The van der Waals surface area contributed by atoms with E-state index in [9.17, 15) is 0 Å². The summed E-state index contributed by atoms with van der Waals surface area (Å²) in [6.07, 6.45) is 2.38. The first-order valence-electron chi connectivity index (χ1n) is 9.15. The van der Waals surface area contributed by atoms with E-state index in [1.54, 1.807) is 0 Å². The molecule has 0 saturated carbocycles. The van der Waals surface area contributed by atoms with Crippen molar-refractivity contribution in [3.8, 4) is 0 Å². The molecule has 2 atom stereocenters. The summed E-state index contributed by atoms with van der Waals surface area (Å²) < 4.78 is 6.62. The van der Waals surface area contributed by atoms with E-state index in [2.05, 4.69) is 67.4 Å². The molecular weight excluding hydrogens is 380 g/mol. The fourth-order valence-electron chi connectivity index (χ4n) is 3.73. The summed E-state index contributed by atoms with van der Waals surface area (Å²) in [5.41, 5.74) is 1.31. The first-order valence-corrected chi connectivity index (χ1v) is 9.95. The Labute approximate surface area is 159 Å². The molecule has 6 heteroatoms. The van der Waals surface area contributed by atoms with Gasteiger partial charge in [0.2, 0.25) is 0 Å². The van der Waals surface area contributed by atoms with Crippen LogP contribution in [0.5, 0.6) is 0 Å². The molecule has 1 aromatic carbocycles. The van der Waals surface area contributed by atoms with Gasteiger partial charge in [-0.2, -0.15) is 0 Å². The lowest BCUT2D eigenvalue weighted by Crippen LogP contribution is -2.43. The summed E-state index contributed by atoms with van der Waals surface area (Å²) >= 11 is 3.57. The highest BCUT2D eigenvalue weighted by Crippen LogP contribution is 2.26. The van der Waals surface area contributed by atoms with Crippen molar-refractivity contribution in [1.29, 1.82) is 0 Å². The second-order valence-electron chi connectivity index (χ2n) is 7.12. The summed E-state index contributed by atoms with van der Waals surface area (Å²) in [6, 6.07) is 8.57. The maximum absolute atomic E-state index is 5.48. The van der Waals surface area contributed by atoms with Crippen LogP contribution in [-0.4, -0.2) is 64.3 Å². The molecule has 0 aliphatic carbocycles. The topological polar surface area (TPSA) is 40.1 Å². The van der Waals surface area contributed by atoms with Crippen LogP contribution in [0.1, 0.15) is 12.8 Å². The molecule has 2 saturated heterocycles. The molecule has 2 aliphatic heterocycles. The fourth-order valence-corrected chi connectivity index (χ4v) is 4.12. The molecule has 2 fully saturated rings. The zero-order chi connectivity index (χ0) is 17.6. The van der Waals surface area contributed by atoms with Crippen molar-refractivity contribution in [3.05, 3.63) is 28.7 Å². The molecule has 1 aromatic rings. The molecule has 0 radical (unpaired) electrons. The fraction of sp³-hybridized carbons (Fsp3) is 0.632. The molecule has 0 aromatic heterocycles. The van der Waals surface area contributed by atoms with Crippen LogP contribution in [0, 0.1) is 11.8 Å². The quantitative estimate of drug-likeness (QED) is 0.600. The predicted molar refractivity (Wildman–Crippen MR) is 107 cm³/mol. The average molecular weight is 409 g/mol. The van der Waals surface area contributed by atoms with E-state index in [-0.39, 0.29) is 0 Å². The zero-order valence-electron chi connectivity index (χ0n) is 15.2. The number of nitrogens with zero attached hydrogens (tertiary/aromatic N) is 3. The molecule has 138 valence electrons. The number of nitrogens with one attached hydrogen (secondary N) is 1. The summed E-state index contributed by atoms with van der Waals surface area (Å²) in [4.78, 5) is 9.16. The monoisotopic (exact) mass is 408 g/mol. The maximum Gasteiger partial charge on any atom is 0.193 e. The lowest BCUT2D eigenvalue weighted by molar-refractivity contribution is 0.181. The lowest BCUT2D eigenvalue weighted by atomic mass is 10.1. The Balaban J connectivity index is 1.46. The second-order valence-corrected chi connectivity index (χ2v) is 8.03. The zero-order valence-corrected chi connectivity index (χ0v) is 16.8. The van der Waals surface area contributed by atoms with Crippen LogP contribution in [0.15, 0.2) is 33.7 Å². The van der Waals surface area contributed by atoms with Gasteiger partial charge < -0.3 is 19.9 Å². The number of aliphatic imine (C=N–C) groups is 1. The van der Waals surface area contributed by atoms with Crippen LogP contribution in [0.2, 0.25) is 0 Å². The molecule has 0 spiro atoms. The molecule has 5 nitrogen and oxygen atoms in total. The number of anilines is 1. The molecule has 2 aliphatic rings. The van der Waals surface area contributed by atoms with Crippen molar-refractivity contribution >= 4 is 27.6 Å². The van der Waals surface area contributed by atoms with Crippen molar-refractivity contribution in [1.82, 2.24) is 10.2 Å². The average Bonchev–Trinajstić information content (AvgIpc) is 3.27. The maximum atomic E-state index is 5.48. The number of ether oxygens (including phenoxy) is 1. The number of hydrogen-bond donors (Lipinski definition) is 1. The van der Waals surface area contributed by atoms with Crippen molar-refractivity contribution in [2.75, 3.05) is 58.4 Å². The third-order valence-corrected chi connectivity index (χ3v) is 5.63. The second kappa shape index (κ2) is 8.90. The van der Waals surface area contributed by atoms with Crippen LogP contribution >= 0.6 is 15.9 Å². The van der Waals surface area contributed by atoms with Crippen LogP contribution in [0.25, 0.3) is 0 Å². The highest BCUT2D eigenvalue weighted by Gasteiger charge is 2.24. The van der Waals surface area contributed by atoms with Crippen molar-refractivity contribution in [2.45, 2.75) is 12.8 Å². The predicted octanol–water partition coefficient (Wildman–Crippen LogP) is 2.82. The number of rotatable bonds is 5. The minimum Gasteiger partial charge on any atom is -0.381 e. The summed E-state index contributed by atoms with van der Waals surface area (Å²) in [5, 5.41) is 3.57. The van der Waals surface area contributed by atoms with Gasteiger partial charge in [-0.15, -0.1) is 0 Å². The first kappa shape index (κ1) is 18.5. The Morgan fingerprint density at radius 2 is 2.28 bits per heavy atom. The lowest BCUT2D eigenvalue weighted by Gasteiger charge is -2.25. The van der Waals surface area contributed by atoms with Crippen LogP contribution < -0.4 is 10.2 Å². The van der Waals surface area contributed by atoms with Gasteiger partial charge in [0.25, 0.3) is 0 Å². The molecule has 1 N–H and O–H groups in total. The van der Waals surface area contributed by atoms with Gasteiger partial charge in [0.15, 0.2) is 5.96 Å². The molecule has 2 unspecified atom stereocenters.